The molecular formula is C8H18ClN5O3S2. The van der Waals surface area contributed by atoms with Crippen LogP contribution in [-0.4, -0.2) is 62.2 Å². The van der Waals surface area contributed by atoms with Crippen LogP contribution in [0.2, 0.25) is 0 Å². The smallest absolute Gasteiger partial charge is 0.242 e. The van der Waals surface area contributed by atoms with Crippen molar-refractivity contribution in [3.63, 3.8) is 0 Å². The summed E-state index contributed by atoms with van der Waals surface area (Å²) in [5, 5.41) is 0. The van der Waals surface area contributed by atoms with Gasteiger partial charge in [-0.05, 0) is 0 Å². The number of nitrogens with one attached hydrogen (secondary N) is 1. The van der Waals surface area contributed by atoms with Gasteiger partial charge >= 0.3 is 0 Å². The van der Waals surface area contributed by atoms with E-state index in [1.807, 2.05) is 4.72 Å². The summed E-state index contributed by atoms with van der Waals surface area (Å²) >= 11 is 1.66. The molecule has 0 aromatic heterocycles. The quantitative estimate of drug-likeness (QED) is 0.408. The lowest BCUT2D eigenvalue weighted by molar-refractivity contribution is -0.130. The Bertz CT molecular complexity index is 436. The standard InChI is InChI=1S/C8H17N5O3S2.ClH/c1-18(15,16)12-8(10)11-4-6(9)7(14)13-2-3-17-5-13;/h6H,2-5,9H2,1H3,(H3,10,11,12);1H/t6-;/m0./s1. The van der Waals surface area contributed by atoms with Crippen molar-refractivity contribution in [1.82, 2.24) is 9.62 Å². The molecule has 1 heterocycles. The third kappa shape index (κ3) is 6.85. The van der Waals surface area contributed by atoms with Crippen molar-refractivity contribution in [3.05, 3.63) is 0 Å². The number of amides is 1. The summed E-state index contributed by atoms with van der Waals surface area (Å²) in [5.74, 6) is 1.07. The minimum atomic E-state index is -3.45. The molecule has 0 saturated carbocycles. The summed E-state index contributed by atoms with van der Waals surface area (Å²) < 4.78 is 23.7. The zero-order valence-electron chi connectivity index (χ0n) is 10.4. The predicted molar refractivity (Wildman–Crippen MR) is 78.7 cm³/mol. The molecule has 0 aromatic rings. The molecule has 0 aromatic carbocycles. The largest absolute Gasteiger partial charge is 0.369 e. The lowest BCUT2D eigenvalue weighted by Crippen LogP contribution is -2.45. The third-order valence-electron chi connectivity index (χ3n) is 2.13. The number of carbonyl (C=O) groups is 1. The molecule has 1 aliphatic heterocycles. The minimum Gasteiger partial charge on any atom is -0.369 e. The molecule has 1 rings (SSSR count). The van der Waals surface area contributed by atoms with Crippen LogP contribution < -0.4 is 16.2 Å². The van der Waals surface area contributed by atoms with Gasteiger partial charge in [-0.3, -0.25) is 14.5 Å². The normalized spacial score (nSPS) is 17.8. The van der Waals surface area contributed by atoms with E-state index in [1.54, 1.807) is 16.7 Å². The summed E-state index contributed by atoms with van der Waals surface area (Å²) in [5.41, 5.74) is 11.0. The number of nitrogens with two attached hydrogens (primary N) is 2. The van der Waals surface area contributed by atoms with Gasteiger partial charge in [-0.1, -0.05) is 0 Å². The Labute approximate surface area is 122 Å². The zero-order valence-corrected chi connectivity index (χ0v) is 12.9. The van der Waals surface area contributed by atoms with Crippen LogP contribution in [0.1, 0.15) is 0 Å². The fourth-order valence-corrected chi connectivity index (χ4v) is 2.72. The Balaban J connectivity index is 0.00000324. The number of halogens is 1. The maximum Gasteiger partial charge on any atom is 0.242 e. The maximum absolute atomic E-state index is 11.8. The number of sulfonamides is 1. The maximum atomic E-state index is 11.8. The number of nitrogens with zero attached hydrogens (tertiary/aromatic N) is 2. The molecule has 0 radical (unpaired) electrons. The monoisotopic (exact) mass is 331 g/mol. The molecule has 11 heteroatoms. The molecule has 0 spiro atoms. The molecule has 1 aliphatic rings. The van der Waals surface area contributed by atoms with Crippen LogP contribution in [0.4, 0.5) is 0 Å². The van der Waals surface area contributed by atoms with E-state index in [-0.39, 0.29) is 30.8 Å². The number of thioether (sulfide) groups is 1. The second-order valence-electron chi connectivity index (χ2n) is 3.85. The summed E-state index contributed by atoms with van der Waals surface area (Å²) in [6, 6.07) is -0.802. The van der Waals surface area contributed by atoms with Crippen molar-refractivity contribution >= 4 is 46.1 Å². The van der Waals surface area contributed by atoms with Crippen LogP contribution in [0.3, 0.4) is 0 Å². The SMILES string of the molecule is CS(=O)(=O)NC(N)=NC[C@H](N)C(=O)N1CCSC1.Cl. The van der Waals surface area contributed by atoms with Gasteiger partial charge in [0.05, 0.1) is 18.7 Å². The fourth-order valence-electron chi connectivity index (χ4n) is 1.32. The van der Waals surface area contributed by atoms with Crippen molar-refractivity contribution in [3.8, 4) is 0 Å². The third-order valence-corrected chi connectivity index (χ3v) is 3.68. The molecule has 0 unspecified atom stereocenters. The molecule has 1 saturated heterocycles. The Morgan fingerprint density at radius 1 is 1.58 bits per heavy atom. The van der Waals surface area contributed by atoms with E-state index in [0.29, 0.717) is 12.4 Å². The van der Waals surface area contributed by atoms with Crippen LogP contribution in [0, 0.1) is 0 Å². The van der Waals surface area contributed by atoms with E-state index in [1.165, 1.54) is 0 Å². The van der Waals surface area contributed by atoms with Gasteiger partial charge in [-0.25, -0.2) is 8.42 Å². The first kappa shape index (κ1) is 18.3. The van der Waals surface area contributed by atoms with Crippen LogP contribution in [0.15, 0.2) is 4.99 Å². The number of carbonyl (C=O) groups excluding carboxylic acids is 1. The van der Waals surface area contributed by atoms with Crippen LogP contribution in [-0.2, 0) is 14.8 Å². The highest BCUT2D eigenvalue weighted by atomic mass is 35.5. The van der Waals surface area contributed by atoms with Gasteiger partial charge < -0.3 is 16.4 Å². The molecule has 1 atom stereocenters. The van der Waals surface area contributed by atoms with Gasteiger partial charge in [0.15, 0.2) is 0 Å². The van der Waals surface area contributed by atoms with E-state index in [0.717, 1.165) is 12.0 Å². The molecule has 1 fully saturated rings. The van der Waals surface area contributed by atoms with E-state index >= 15 is 0 Å². The Morgan fingerprint density at radius 3 is 2.68 bits per heavy atom. The van der Waals surface area contributed by atoms with Gasteiger partial charge in [0.1, 0.15) is 6.04 Å². The lowest BCUT2D eigenvalue weighted by Gasteiger charge is -2.18. The Morgan fingerprint density at radius 2 is 2.21 bits per heavy atom. The topological polar surface area (TPSA) is 131 Å². The summed E-state index contributed by atoms with van der Waals surface area (Å²) in [6.07, 6.45) is 0.960. The van der Waals surface area contributed by atoms with Gasteiger partial charge in [0.2, 0.25) is 21.9 Å². The summed E-state index contributed by atoms with van der Waals surface area (Å²) in [6.45, 7) is 0.631. The van der Waals surface area contributed by atoms with E-state index in [2.05, 4.69) is 4.99 Å². The summed E-state index contributed by atoms with van der Waals surface area (Å²) in [7, 11) is -3.45. The average Bonchev–Trinajstić information content (AvgIpc) is 2.75. The number of hydrogen-bond acceptors (Lipinski definition) is 6. The Hall–Kier alpha value is -0.710. The van der Waals surface area contributed by atoms with E-state index in [9.17, 15) is 13.2 Å². The number of rotatable bonds is 4. The lowest BCUT2D eigenvalue weighted by atomic mass is 10.3. The van der Waals surface area contributed by atoms with Crippen LogP contribution in [0.5, 0.6) is 0 Å². The molecule has 19 heavy (non-hydrogen) atoms. The highest BCUT2D eigenvalue weighted by Crippen LogP contribution is 2.13. The van der Waals surface area contributed by atoms with Gasteiger partial charge in [-0.15, -0.1) is 24.2 Å². The van der Waals surface area contributed by atoms with Crippen LogP contribution >= 0.6 is 24.2 Å². The van der Waals surface area contributed by atoms with Crippen molar-refractivity contribution in [2.45, 2.75) is 6.04 Å². The summed E-state index contributed by atoms with van der Waals surface area (Å²) in [4.78, 5) is 17.2. The van der Waals surface area contributed by atoms with Crippen molar-refractivity contribution < 1.29 is 13.2 Å². The average molecular weight is 332 g/mol. The second-order valence-corrected chi connectivity index (χ2v) is 6.67. The van der Waals surface area contributed by atoms with Gasteiger partial charge in [0.25, 0.3) is 0 Å². The highest BCUT2D eigenvalue weighted by molar-refractivity contribution is 7.99. The second kappa shape index (κ2) is 7.78. The first-order chi connectivity index (χ1) is 8.29. The predicted octanol–water partition coefficient (Wildman–Crippen LogP) is -1.87. The molecule has 0 aliphatic carbocycles. The Kier molecular flexibility index (Phi) is 7.49. The van der Waals surface area contributed by atoms with Crippen molar-refractivity contribution in [2.75, 3.05) is 31.0 Å². The van der Waals surface area contributed by atoms with Crippen molar-refractivity contribution in [1.29, 1.82) is 0 Å². The molecule has 5 N–H and O–H groups in total. The highest BCUT2D eigenvalue weighted by Gasteiger charge is 2.23. The molecular weight excluding hydrogens is 314 g/mol. The number of guanidine groups is 1. The molecule has 112 valence electrons. The van der Waals surface area contributed by atoms with E-state index < -0.39 is 16.1 Å². The van der Waals surface area contributed by atoms with E-state index in [4.69, 9.17) is 11.5 Å². The van der Waals surface area contributed by atoms with Crippen LogP contribution in [0.25, 0.3) is 0 Å². The molecule has 8 nitrogen and oxygen atoms in total. The minimum absolute atomic E-state index is 0. The number of hydrogen-bond donors (Lipinski definition) is 3. The molecule has 1 amide bonds. The first-order valence-corrected chi connectivity index (χ1v) is 8.24. The van der Waals surface area contributed by atoms with Gasteiger partial charge in [-0.2, -0.15) is 0 Å². The zero-order chi connectivity index (χ0) is 13.8. The number of aliphatic imine (C=N–C) groups is 1. The van der Waals surface area contributed by atoms with Crippen molar-refractivity contribution in [2.24, 2.45) is 16.5 Å². The molecule has 0 bridgehead atoms. The first-order valence-electron chi connectivity index (χ1n) is 5.19. The fraction of sp³-hybridized carbons (Fsp3) is 0.750. The van der Waals surface area contributed by atoms with Gasteiger partial charge in [0, 0.05) is 12.3 Å².